The highest BCUT2D eigenvalue weighted by Gasteiger charge is 2.26. The number of nitrogens with zero attached hydrogens (tertiary/aromatic N) is 5. The summed E-state index contributed by atoms with van der Waals surface area (Å²) in [5.74, 6) is 0.685. The van der Waals surface area contributed by atoms with E-state index in [-0.39, 0.29) is 24.4 Å². The van der Waals surface area contributed by atoms with Gasteiger partial charge in [0.25, 0.3) is 0 Å². The SMILES string of the molecule is COc1ccc(-c2nc3nc(OC[C@@H]4CCCN4C)nc(N4CCNC[C@H]4C)c3cc2F)cc1CO. The summed E-state index contributed by atoms with van der Waals surface area (Å²) < 4.78 is 26.9. The number of fused-ring (bicyclic) bond motifs is 1. The van der Waals surface area contributed by atoms with Crippen LogP contribution in [0.15, 0.2) is 24.3 Å². The lowest BCUT2D eigenvalue weighted by Gasteiger charge is -2.35. The molecule has 9 nitrogen and oxygen atoms in total. The summed E-state index contributed by atoms with van der Waals surface area (Å²) in [7, 11) is 3.63. The zero-order valence-electron chi connectivity index (χ0n) is 21.0. The van der Waals surface area contributed by atoms with Gasteiger partial charge in [0.15, 0.2) is 5.65 Å². The molecule has 36 heavy (non-hydrogen) atoms. The molecular weight excluding hydrogens is 463 g/mol. The van der Waals surface area contributed by atoms with Crippen molar-refractivity contribution in [2.75, 3.05) is 51.8 Å². The molecule has 2 fully saturated rings. The van der Waals surface area contributed by atoms with Crippen LogP contribution in [0.3, 0.4) is 0 Å². The topological polar surface area (TPSA) is 95.9 Å². The van der Waals surface area contributed by atoms with Crippen LogP contribution in [-0.4, -0.2) is 84.0 Å². The Hall–Kier alpha value is -3.08. The van der Waals surface area contributed by atoms with E-state index in [0.29, 0.717) is 46.4 Å². The predicted octanol–water partition coefficient (Wildman–Crippen LogP) is 2.60. The molecule has 192 valence electrons. The summed E-state index contributed by atoms with van der Waals surface area (Å²) in [5, 5.41) is 13.7. The molecule has 0 aliphatic carbocycles. The lowest BCUT2D eigenvalue weighted by Crippen LogP contribution is -2.50. The Labute approximate surface area is 210 Å². The summed E-state index contributed by atoms with van der Waals surface area (Å²) in [6, 6.07) is 7.30. The standard InChI is InChI=1S/C26H33FN6O3/c1-16-13-28-8-10-33(16)25-20-12-21(27)23(17-6-7-22(35-3)18(11-17)14-34)29-24(20)30-26(31-25)36-15-19-5-4-9-32(19)2/h6-7,11-12,16,19,28,34H,4-5,8-10,13-15H2,1-3H3/t16-,19+/m1/s1. The van der Waals surface area contributed by atoms with Crippen molar-refractivity contribution in [2.45, 2.75) is 38.5 Å². The van der Waals surface area contributed by atoms with Crippen molar-refractivity contribution in [3.63, 3.8) is 0 Å². The molecule has 0 radical (unpaired) electrons. The van der Waals surface area contributed by atoms with E-state index >= 15 is 4.39 Å². The first-order valence-corrected chi connectivity index (χ1v) is 12.4. The van der Waals surface area contributed by atoms with Crippen LogP contribution in [0.2, 0.25) is 0 Å². The van der Waals surface area contributed by atoms with Gasteiger partial charge in [-0.25, -0.2) is 9.37 Å². The Bertz CT molecular complexity index is 1240. The van der Waals surface area contributed by atoms with Gasteiger partial charge >= 0.3 is 6.01 Å². The number of rotatable bonds is 7. The fourth-order valence-corrected chi connectivity index (χ4v) is 5.05. The Morgan fingerprint density at radius 3 is 2.78 bits per heavy atom. The second-order valence-corrected chi connectivity index (χ2v) is 9.54. The molecule has 2 saturated heterocycles. The van der Waals surface area contributed by atoms with Crippen molar-refractivity contribution in [2.24, 2.45) is 0 Å². The Kier molecular flexibility index (Phi) is 7.17. The van der Waals surface area contributed by atoms with Crippen molar-refractivity contribution >= 4 is 16.9 Å². The van der Waals surface area contributed by atoms with Gasteiger partial charge in [-0.05, 0) is 57.6 Å². The number of hydrogen-bond donors (Lipinski definition) is 2. The number of anilines is 1. The fourth-order valence-electron chi connectivity index (χ4n) is 5.05. The quantitative estimate of drug-likeness (QED) is 0.512. The minimum absolute atomic E-state index is 0.152. The van der Waals surface area contributed by atoms with E-state index in [0.717, 1.165) is 39.0 Å². The first kappa shape index (κ1) is 24.6. The molecule has 2 aliphatic heterocycles. The van der Waals surface area contributed by atoms with Crippen LogP contribution < -0.4 is 19.7 Å². The maximum Gasteiger partial charge on any atom is 0.320 e. The van der Waals surface area contributed by atoms with E-state index in [9.17, 15) is 5.11 Å². The molecule has 1 aromatic carbocycles. The first-order chi connectivity index (χ1) is 17.5. The number of pyridine rings is 1. The largest absolute Gasteiger partial charge is 0.496 e. The molecule has 0 spiro atoms. The molecule has 0 saturated carbocycles. The number of likely N-dealkylation sites (tertiary alicyclic amines) is 1. The molecule has 0 unspecified atom stereocenters. The number of ether oxygens (including phenoxy) is 2. The second-order valence-electron chi connectivity index (χ2n) is 9.54. The lowest BCUT2D eigenvalue weighted by atomic mass is 10.1. The van der Waals surface area contributed by atoms with Gasteiger partial charge in [0.1, 0.15) is 29.7 Å². The molecule has 2 aliphatic rings. The monoisotopic (exact) mass is 496 g/mol. The fraction of sp³-hybridized carbons (Fsp3) is 0.500. The van der Waals surface area contributed by atoms with Gasteiger partial charge in [-0.2, -0.15) is 9.97 Å². The van der Waals surface area contributed by atoms with Gasteiger partial charge in [0.05, 0.1) is 19.1 Å². The van der Waals surface area contributed by atoms with Crippen LogP contribution in [0.1, 0.15) is 25.3 Å². The van der Waals surface area contributed by atoms with Gasteiger partial charge in [-0.1, -0.05) is 0 Å². The number of benzene rings is 1. The summed E-state index contributed by atoms with van der Waals surface area (Å²) >= 11 is 0. The average molecular weight is 497 g/mol. The number of aromatic nitrogens is 3. The van der Waals surface area contributed by atoms with Crippen molar-refractivity contribution in [1.29, 1.82) is 0 Å². The zero-order chi connectivity index (χ0) is 25.2. The Morgan fingerprint density at radius 2 is 2.06 bits per heavy atom. The number of likely N-dealkylation sites (N-methyl/N-ethyl adjacent to an activating group) is 1. The van der Waals surface area contributed by atoms with Gasteiger partial charge in [-0.15, -0.1) is 0 Å². The highest BCUT2D eigenvalue weighted by Crippen LogP contribution is 2.33. The zero-order valence-corrected chi connectivity index (χ0v) is 21.0. The van der Waals surface area contributed by atoms with Crippen LogP contribution in [0.4, 0.5) is 10.2 Å². The summed E-state index contributed by atoms with van der Waals surface area (Å²) in [4.78, 5) is 18.4. The summed E-state index contributed by atoms with van der Waals surface area (Å²) in [5.41, 5.74) is 1.61. The molecule has 3 aromatic rings. The molecule has 4 heterocycles. The minimum atomic E-state index is -0.481. The highest BCUT2D eigenvalue weighted by molar-refractivity contribution is 5.89. The highest BCUT2D eigenvalue weighted by atomic mass is 19.1. The maximum atomic E-state index is 15.5. The van der Waals surface area contributed by atoms with E-state index in [1.165, 1.54) is 13.2 Å². The predicted molar refractivity (Wildman–Crippen MR) is 136 cm³/mol. The van der Waals surface area contributed by atoms with Crippen LogP contribution >= 0.6 is 0 Å². The normalized spacial score (nSPS) is 20.8. The van der Waals surface area contributed by atoms with E-state index in [4.69, 9.17) is 14.5 Å². The smallest absolute Gasteiger partial charge is 0.320 e. The number of aliphatic hydroxyl groups excluding tert-OH is 1. The van der Waals surface area contributed by atoms with Crippen LogP contribution in [0.25, 0.3) is 22.3 Å². The third-order valence-corrected chi connectivity index (χ3v) is 7.17. The van der Waals surface area contributed by atoms with Gasteiger partial charge in [0, 0.05) is 42.8 Å². The number of methoxy groups -OCH3 is 1. The Morgan fingerprint density at radius 1 is 1.19 bits per heavy atom. The van der Waals surface area contributed by atoms with E-state index in [1.807, 2.05) is 0 Å². The molecule has 5 rings (SSSR count). The number of piperazine rings is 1. The van der Waals surface area contributed by atoms with Crippen molar-refractivity contribution < 1.29 is 19.0 Å². The molecular formula is C26H33FN6O3. The number of aliphatic hydroxyl groups is 1. The van der Waals surface area contributed by atoms with Crippen LogP contribution in [0.5, 0.6) is 11.8 Å². The third kappa shape index (κ3) is 4.80. The number of hydrogen-bond acceptors (Lipinski definition) is 9. The molecule has 2 aromatic heterocycles. The van der Waals surface area contributed by atoms with Gasteiger partial charge < -0.3 is 29.7 Å². The first-order valence-electron chi connectivity index (χ1n) is 12.4. The van der Waals surface area contributed by atoms with E-state index in [2.05, 4.69) is 39.1 Å². The summed E-state index contributed by atoms with van der Waals surface area (Å²) in [6.45, 7) is 5.77. The molecule has 10 heteroatoms. The maximum absolute atomic E-state index is 15.5. The van der Waals surface area contributed by atoms with Crippen LogP contribution in [0, 0.1) is 5.82 Å². The van der Waals surface area contributed by atoms with Crippen molar-refractivity contribution in [3.05, 3.63) is 35.6 Å². The molecule has 2 N–H and O–H groups in total. The summed E-state index contributed by atoms with van der Waals surface area (Å²) in [6.07, 6.45) is 2.22. The molecule has 0 amide bonds. The molecule has 2 atom stereocenters. The number of nitrogens with one attached hydrogen (secondary N) is 1. The van der Waals surface area contributed by atoms with Crippen LogP contribution in [-0.2, 0) is 6.61 Å². The van der Waals surface area contributed by atoms with Crippen molar-refractivity contribution in [3.8, 4) is 23.0 Å². The van der Waals surface area contributed by atoms with Crippen molar-refractivity contribution in [1.82, 2.24) is 25.2 Å². The van der Waals surface area contributed by atoms with E-state index < -0.39 is 5.82 Å². The number of halogens is 1. The second kappa shape index (κ2) is 10.5. The lowest BCUT2D eigenvalue weighted by molar-refractivity contribution is 0.188. The van der Waals surface area contributed by atoms with Gasteiger partial charge in [-0.3, -0.25) is 0 Å². The third-order valence-electron chi connectivity index (χ3n) is 7.17. The average Bonchev–Trinajstić information content (AvgIpc) is 3.31. The molecule has 0 bridgehead atoms. The Balaban J connectivity index is 1.58. The minimum Gasteiger partial charge on any atom is -0.496 e. The van der Waals surface area contributed by atoms with Gasteiger partial charge in [0.2, 0.25) is 0 Å². The van der Waals surface area contributed by atoms with E-state index in [1.54, 1.807) is 18.2 Å².